The van der Waals surface area contributed by atoms with E-state index in [9.17, 15) is 14.7 Å². The Hall–Kier alpha value is -3.24. The molecule has 0 aromatic heterocycles. The molecule has 0 atom stereocenters. The van der Waals surface area contributed by atoms with E-state index in [2.05, 4.69) is 6.07 Å². The maximum Gasteiger partial charge on any atom is 0.293 e. The molecule has 2 aromatic rings. The monoisotopic (exact) mass is 366 g/mol. The molecule has 1 N–H and O–H groups in total. The van der Waals surface area contributed by atoms with Gasteiger partial charge < -0.3 is 9.84 Å². The summed E-state index contributed by atoms with van der Waals surface area (Å²) in [4.78, 5) is 26.2. The van der Waals surface area contributed by atoms with Crippen molar-refractivity contribution in [3.05, 3.63) is 64.1 Å². The van der Waals surface area contributed by atoms with Gasteiger partial charge in [0.15, 0.2) is 11.5 Å². The summed E-state index contributed by atoms with van der Waals surface area (Å²) in [6, 6.07) is 13.6. The van der Waals surface area contributed by atoms with Crippen molar-refractivity contribution in [3.63, 3.8) is 0 Å². The van der Waals surface area contributed by atoms with E-state index in [1.807, 2.05) is 0 Å². The van der Waals surface area contributed by atoms with Crippen LogP contribution in [0.25, 0.3) is 6.08 Å². The van der Waals surface area contributed by atoms with Crippen molar-refractivity contribution < 1.29 is 19.4 Å². The molecule has 0 saturated carbocycles. The minimum Gasteiger partial charge on any atom is -0.504 e. The van der Waals surface area contributed by atoms with Crippen LogP contribution in [-0.4, -0.2) is 28.3 Å². The predicted molar refractivity (Wildman–Crippen MR) is 97.3 cm³/mol. The number of phenols is 1. The van der Waals surface area contributed by atoms with Gasteiger partial charge in [-0.1, -0.05) is 24.3 Å². The molecule has 0 aliphatic carbocycles. The molecule has 0 unspecified atom stereocenters. The zero-order valence-corrected chi connectivity index (χ0v) is 14.6. The number of nitriles is 1. The lowest BCUT2D eigenvalue weighted by Gasteiger charge is -2.13. The smallest absolute Gasteiger partial charge is 0.293 e. The van der Waals surface area contributed by atoms with E-state index in [4.69, 9.17) is 10.00 Å². The number of amides is 2. The topological polar surface area (TPSA) is 90.6 Å². The van der Waals surface area contributed by atoms with Crippen LogP contribution in [0, 0.1) is 11.3 Å². The highest BCUT2D eigenvalue weighted by atomic mass is 32.2. The van der Waals surface area contributed by atoms with Gasteiger partial charge in [-0.3, -0.25) is 14.5 Å². The number of ether oxygens (including phenoxy) is 1. The van der Waals surface area contributed by atoms with Crippen molar-refractivity contribution in [2.45, 2.75) is 6.54 Å². The van der Waals surface area contributed by atoms with Gasteiger partial charge in [0.05, 0.1) is 30.2 Å². The third-order valence-electron chi connectivity index (χ3n) is 3.84. The first kappa shape index (κ1) is 17.6. The second-order valence-corrected chi connectivity index (χ2v) is 6.46. The highest BCUT2D eigenvalue weighted by Gasteiger charge is 2.35. The lowest BCUT2D eigenvalue weighted by atomic mass is 10.1. The minimum absolute atomic E-state index is 0.0413. The normalized spacial score (nSPS) is 15.4. The van der Waals surface area contributed by atoms with Crippen LogP contribution in [0.1, 0.15) is 16.7 Å². The zero-order valence-electron chi connectivity index (χ0n) is 13.8. The number of imide groups is 1. The number of rotatable bonds is 4. The van der Waals surface area contributed by atoms with Gasteiger partial charge in [-0.2, -0.15) is 5.26 Å². The fourth-order valence-electron chi connectivity index (χ4n) is 2.52. The average Bonchev–Trinajstić information content (AvgIpc) is 2.90. The Kier molecular flexibility index (Phi) is 4.96. The minimum atomic E-state index is -0.428. The third-order valence-corrected chi connectivity index (χ3v) is 4.75. The van der Waals surface area contributed by atoms with E-state index in [1.54, 1.807) is 42.5 Å². The molecular weight excluding hydrogens is 352 g/mol. The molecule has 0 bridgehead atoms. The lowest BCUT2D eigenvalue weighted by Crippen LogP contribution is -2.27. The Morgan fingerprint density at radius 2 is 2.04 bits per heavy atom. The number of hydrogen-bond donors (Lipinski definition) is 1. The van der Waals surface area contributed by atoms with Gasteiger partial charge in [0, 0.05) is 0 Å². The molecule has 0 radical (unpaired) electrons. The highest BCUT2D eigenvalue weighted by Crippen LogP contribution is 2.35. The van der Waals surface area contributed by atoms with Crippen molar-refractivity contribution in [2.24, 2.45) is 0 Å². The van der Waals surface area contributed by atoms with Crippen LogP contribution in [0.5, 0.6) is 11.5 Å². The van der Waals surface area contributed by atoms with Gasteiger partial charge in [0.25, 0.3) is 11.1 Å². The Morgan fingerprint density at radius 3 is 2.73 bits per heavy atom. The van der Waals surface area contributed by atoms with Crippen molar-refractivity contribution in [1.29, 1.82) is 5.26 Å². The summed E-state index contributed by atoms with van der Waals surface area (Å²) in [7, 11) is 1.44. The molecule has 3 rings (SSSR count). The Morgan fingerprint density at radius 1 is 1.27 bits per heavy atom. The zero-order chi connectivity index (χ0) is 18.7. The van der Waals surface area contributed by atoms with Gasteiger partial charge in [-0.25, -0.2) is 0 Å². The summed E-state index contributed by atoms with van der Waals surface area (Å²) in [6.45, 7) is 0.0413. The molecule has 1 heterocycles. The summed E-state index contributed by atoms with van der Waals surface area (Å²) < 4.78 is 4.98. The number of phenolic OH excluding ortho intramolecular Hbond substituents is 1. The molecule has 1 fully saturated rings. The SMILES string of the molecule is COc1ccc(/C=C2/SC(=O)N(Cc3ccccc3C#N)C2=O)cc1O. The summed E-state index contributed by atoms with van der Waals surface area (Å²) in [6.07, 6.45) is 1.54. The number of hydrogen-bond acceptors (Lipinski definition) is 6. The number of methoxy groups -OCH3 is 1. The second kappa shape index (κ2) is 7.33. The predicted octanol–water partition coefficient (Wildman–Crippen LogP) is 3.51. The molecule has 1 saturated heterocycles. The summed E-state index contributed by atoms with van der Waals surface area (Å²) in [5.41, 5.74) is 1.61. The molecule has 6 nitrogen and oxygen atoms in total. The number of thioether (sulfide) groups is 1. The van der Waals surface area contributed by atoms with E-state index in [1.165, 1.54) is 13.2 Å². The number of carbonyl (C=O) groups is 2. The van der Waals surface area contributed by atoms with E-state index < -0.39 is 11.1 Å². The Bertz CT molecular complexity index is 962. The number of nitrogens with zero attached hydrogens (tertiary/aromatic N) is 2. The van der Waals surface area contributed by atoms with E-state index in [-0.39, 0.29) is 17.2 Å². The first-order valence-corrected chi connectivity index (χ1v) is 8.45. The molecule has 0 spiro atoms. The van der Waals surface area contributed by atoms with E-state index in [0.29, 0.717) is 22.4 Å². The first-order chi connectivity index (χ1) is 12.5. The summed E-state index contributed by atoms with van der Waals surface area (Å²) >= 11 is 0.828. The lowest BCUT2D eigenvalue weighted by molar-refractivity contribution is -0.123. The van der Waals surface area contributed by atoms with Gasteiger partial charge >= 0.3 is 0 Å². The van der Waals surface area contributed by atoms with Gasteiger partial charge in [0.1, 0.15) is 0 Å². The van der Waals surface area contributed by atoms with Gasteiger partial charge in [-0.15, -0.1) is 0 Å². The van der Waals surface area contributed by atoms with Crippen LogP contribution < -0.4 is 4.74 Å². The van der Waals surface area contributed by atoms with E-state index in [0.717, 1.165) is 16.7 Å². The maximum absolute atomic E-state index is 12.6. The van der Waals surface area contributed by atoms with Crippen molar-refractivity contribution in [3.8, 4) is 17.6 Å². The number of carbonyl (C=O) groups excluding carboxylic acids is 2. The molecule has 1 aliphatic heterocycles. The fraction of sp³-hybridized carbons (Fsp3) is 0.105. The van der Waals surface area contributed by atoms with Crippen molar-refractivity contribution in [1.82, 2.24) is 4.90 Å². The highest BCUT2D eigenvalue weighted by molar-refractivity contribution is 8.18. The molecule has 2 amide bonds. The van der Waals surface area contributed by atoms with Crippen LogP contribution in [0.2, 0.25) is 0 Å². The average molecular weight is 366 g/mol. The Balaban J connectivity index is 1.85. The second-order valence-electron chi connectivity index (χ2n) is 5.47. The van der Waals surface area contributed by atoms with Crippen LogP contribution in [-0.2, 0) is 11.3 Å². The standard InChI is InChI=1S/C19H14N2O4S/c1-25-16-7-6-12(8-15(16)22)9-17-18(23)21(19(24)26-17)11-14-5-3-2-4-13(14)10-20/h2-9,22H,11H2,1H3/b17-9+. The molecular formula is C19H14N2O4S. The fourth-order valence-corrected chi connectivity index (χ4v) is 3.36. The van der Waals surface area contributed by atoms with Crippen LogP contribution in [0.15, 0.2) is 47.4 Å². The molecule has 7 heteroatoms. The number of aromatic hydroxyl groups is 1. The van der Waals surface area contributed by atoms with Crippen LogP contribution in [0.4, 0.5) is 4.79 Å². The quantitative estimate of drug-likeness (QED) is 0.833. The molecule has 26 heavy (non-hydrogen) atoms. The first-order valence-electron chi connectivity index (χ1n) is 7.64. The largest absolute Gasteiger partial charge is 0.504 e. The van der Waals surface area contributed by atoms with E-state index >= 15 is 0 Å². The summed E-state index contributed by atoms with van der Waals surface area (Å²) in [5.74, 6) is -0.158. The molecule has 2 aromatic carbocycles. The Labute approximate surface area is 154 Å². The van der Waals surface area contributed by atoms with Crippen LogP contribution >= 0.6 is 11.8 Å². The number of benzene rings is 2. The van der Waals surface area contributed by atoms with Gasteiger partial charge in [-0.05, 0) is 47.2 Å². The molecule has 1 aliphatic rings. The van der Waals surface area contributed by atoms with Crippen molar-refractivity contribution in [2.75, 3.05) is 7.11 Å². The van der Waals surface area contributed by atoms with Crippen molar-refractivity contribution >= 4 is 29.0 Å². The van der Waals surface area contributed by atoms with Gasteiger partial charge in [0.2, 0.25) is 0 Å². The third kappa shape index (κ3) is 3.41. The maximum atomic E-state index is 12.6. The van der Waals surface area contributed by atoms with Crippen LogP contribution in [0.3, 0.4) is 0 Å². The summed E-state index contributed by atoms with van der Waals surface area (Å²) in [5, 5.41) is 18.6. The molecule has 130 valence electrons.